The summed E-state index contributed by atoms with van der Waals surface area (Å²) >= 11 is 0. The van der Waals surface area contributed by atoms with Crippen LogP contribution < -0.4 is 0 Å². The molecule has 2 nitrogen and oxygen atoms in total. The normalized spacial score (nSPS) is 46.4. The van der Waals surface area contributed by atoms with Crippen molar-refractivity contribution in [3.05, 3.63) is 12.2 Å². The first-order chi connectivity index (χ1) is 4.77. The molecule has 0 unspecified atom stereocenters. The van der Waals surface area contributed by atoms with Crippen LogP contribution in [0.5, 0.6) is 0 Å². The first kappa shape index (κ1) is 6.38. The smallest absolute Gasteiger partial charge is 0.0576 e. The average Bonchev–Trinajstić information content (AvgIpc) is 2.20. The summed E-state index contributed by atoms with van der Waals surface area (Å²) in [6, 6.07) is 1.02. The van der Waals surface area contributed by atoms with E-state index in [1.165, 1.54) is 0 Å². The Bertz CT molecular complexity index is 151. The maximum absolute atomic E-state index is 9.34. The van der Waals surface area contributed by atoms with Crippen molar-refractivity contribution in [2.24, 2.45) is 0 Å². The van der Waals surface area contributed by atoms with Crippen molar-refractivity contribution >= 4 is 0 Å². The van der Waals surface area contributed by atoms with Gasteiger partial charge in [-0.1, -0.05) is 12.2 Å². The van der Waals surface area contributed by atoms with Crippen LogP contribution in [-0.4, -0.2) is 35.2 Å². The average molecular weight is 139 g/mol. The second kappa shape index (κ2) is 2.07. The predicted octanol–water partition coefficient (Wildman–Crippen LogP) is 0.380. The van der Waals surface area contributed by atoms with Gasteiger partial charge in [0.1, 0.15) is 0 Å². The van der Waals surface area contributed by atoms with E-state index in [0.29, 0.717) is 12.1 Å². The number of nitrogens with zero attached hydrogens (tertiary/aromatic N) is 1. The molecule has 2 rings (SSSR count). The molecule has 2 heterocycles. The Kier molecular flexibility index (Phi) is 1.32. The highest BCUT2D eigenvalue weighted by molar-refractivity contribution is 5.13. The summed E-state index contributed by atoms with van der Waals surface area (Å²) in [7, 11) is 2.13. The van der Waals surface area contributed by atoms with Crippen molar-refractivity contribution in [3.8, 4) is 0 Å². The van der Waals surface area contributed by atoms with Crippen LogP contribution >= 0.6 is 0 Å². The Morgan fingerprint density at radius 1 is 1.30 bits per heavy atom. The highest BCUT2D eigenvalue weighted by atomic mass is 16.3. The second-order valence-electron chi connectivity index (χ2n) is 3.31. The summed E-state index contributed by atoms with van der Waals surface area (Å²) in [4.78, 5) is 2.33. The van der Waals surface area contributed by atoms with E-state index < -0.39 is 0 Å². The number of aliphatic hydroxyl groups excluding tert-OH is 1. The van der Waals surface area contributed by atoms with Crippen molar-refractivity contribution in [3.63, 3.8) is 0 Å². The Labute approximate surface area is 61.1 Å². The van der Waals surface area contributed by atoms with Crippen molar-refractivity contribution in [2.75, 3.05) is 7.05 Å². The first-order valence-electron chi connectivity index (χ1n) is 3.85. The maximum atomic E-state index is 9.34. The van der Waals surface area contributed by atoms with Gasteiger partial charge in [-0.25, -0.2) is 0 Å². The lowest BCUT2D eigenvalue weighted by Crippen LogP contribution is -2.42. The minimum atomic E-state index is -0.0683. The molecule has 1 N–H and O–H groups in total. The maximum Gasteiger partial charge on any atom is 0.0576 e. The van der Waals surface area contributed by atoms with Gasteiger partial charge in [0.2, 0.25) is 0 Å². The van der Waals surface area contributed by atoms with E-state index in [2.05, 4.69) is 24.1 Å². The quantitative estimate of drug-likeness (QED) is 0.490. The van der Waals surface area contributed by atoms with Crippen molar-refractivity contribution in [1.29, 1.82) is 0 Å². The third-order valence-electron chi connectivity index (χ3n) is 2.63. The van der Waals surface area contributed by atoms with E-state index in [1.54, 1.807) is 0 Å². The monoisotopic (exact) mass is 139 g/mol. The molecule has 56 valence electrons. The molecule has 1 fully saturated rings. The van der Waals surface area contributed by atoms with Crippen LogP contribution in [0.15, 0.2) is 12.2 Å². The van der Waals surface area contributed by atoms with E-state index in [9.17, 15) is 5.11 Å². The molecule has 0 amide bonds. The molecule has 0 spiro atoms. The summed E-state index contributed by atoms with van der Waals surface area (Å²) in [5, 5.41) is 9.34. The summed E-state index contributed by atoms with van der Waals surface area (Å²) in [6.07, 6.45) is 6.19. The van der Waals surface area contributed by atoms with Crippen LogP contribution in [-0.2, 0) is 0 Å². The Morgan fingerprint density at radius 2 is 1.80 bits per heavy atom. The zero-order chi connectivity index (χ0) is 7.14. The molecule has 0 aromatic heterocycles. The highest BCUT2D eigenvalue weighted by Gasteiger charge is 2.33. The van der Waals surface area contributed by atoms with Gasteiger partial charge in [0, 0.05) is 12.1 Å². The molecule has 0 aromatic carbocycles. The number of hydrogen-bond donors (Lipinski definition) is 1. The third-order valence-corrected chi connectivity index (χ3v) is 2.63. The van der Waals surface area contributed by atoms with Gasteiger partial charge < -0.3 is 5.11 Å². The number of piperidine rings is 1. The number of fused-ring (bicyclic) bond motifs is 2. The molecule has 0 aliphatic carbocycles. The molecule has 0 saturated carbocycles. The van der Waals surface area contributed by atoms with Gasteiger partial charge in [-0.15, -0.1) is 0 Å². The number of rotatable bonds is 0. The number of likely N-dealkylation sites (N-methyl/N-ethyl adjacent to an activating group) is 1. The molecular formula is C8H13NO. The fraction of sp³-hybridized carbons (Fsp3) is 0.750. The first-order valence-corrected chi connectivity index (χ1v) is 3.85. The van der Waals surface area contributed by atoms with Crippen molar-refractivity contribution < 1.29 is 5.11 Å². The lowest BCUT2D eigenvalue weighted by Gasteiger charge is -2.34. The molecular weight excluding hydrogens is 126 g/mol. The van der Waals surface area contributed by atoms with Gasteiger partial charge in [0.25, 0.3) is 0 Å². The molecule has 10 heavy (non-hydrogen) atoms. The minimum absolute atomic E-state index is 0.0683. The van der Waals surface area contributed by atoms with Crippen LogP contribution in [0.3, 0.4) is 0 Å². The largest absolute Gasteiger partial charge is 0.393 e. The summed E-state index contributed by atoms with van der Waals surface area (Å²) in [5.41, 5.74) is 0. The number of hydrogen-bond acceptors (Lipinski definition) is 2. The Morgan fingerprint density at radius 3 is 2.30 bits per heavy atom. The summed E-state index contributed by atoms with van der Waals surface area (Å²) in [6.45, 7) is 0. The Balaban J connectivity index is 2.15. The van der Waals surface area contributed by atoms with Gasteiger partial charge in [-0.05, 0) is 19.9 Å². The molecule has 2 atom stereocenters. The van der Waals surface area contributed by atoms with Crippen LogP contribution in [0, 0.1) is 0 Å². The van der Waals surface area contributed by atoms with E-state index in [4.69, 9.17) is 0 Å². The van der Waals surface area contributed by atoms with Gasteiger partial charge in [-0.2, -0.15) is 0 Å². The summed E-state index contributed by atoms with van der Waals surface area (Å²) in [5.74, 6) is 0. The standard InChI is InChI=1S/C8H13NO/c1-9-6-2-3-7(9)5-8(10)4-6/h2-3,6-8,10H,4-5H2,1H3/t6-,7-/m0/s1. The zero-order valence-corrected chi connectivity index (χ0v) is 6.20. The van der Waals surface area contributed by atoms with E-state index in [1.807, 2.05) is 0 Å². The second-order valence-corrected chi connectivity index (χ2v) is 3.31. The van der Waals surface area contributed by atoms with Gasteiger partial charge in [0.15, 0.2) is 0 Å². The number of aliphatic hydroxyl groups is 1. The van der Waals surface area contributed by atoms with E-state index in [0.717, 1.165) is 12.8 Å². The molecule has 0 radical (unpaired) electrons. The predicted molar refractivity (Wildman–Crippen MR) is 39.7 cm³/mol. The summed E-state index contributed by atoms with van der Waals surface area (Å²) < 4.78 is 0. The third kappa shape index (κ3) is 0.796. The van der Waals surface area contributed by atoms with Crippen molar-refractivity contribution in [2.45, 2.75) is 31.0 Å². The van der Waals surface area contributed by atoms with Gasteiger partial charge in [-0.3, -0.25) is 4.90 Å². The van der Waals surface area contributed by atoms with Crippen LogP contribution in [0.1, 0.15) is 12.8 Å². The molecule has 2 aliphatic heterocycles. The zero-order valence-electron chi connectivity index (χ0n) is 6.20. The Hall–Kier alpha value is -0.340. The van der Waals surface area contributed by atoms with Crippen LogP contribution in [0.25, 0.3) is 0 Å². The highest BCUT2D eigenvalue weighted by Crippen LogP contribution is 2.28. The molecule has 1 saturated heterocycles. The SMILES string of the molecule is CN1[C@H]2C=C[C@H]1CC(O)C2. The molecule has 2 aliphatic rings. The van der Waals surface area contributed by atoms with Crippen molar-refractivity contribution in [1.82, 2.24) is 4.90 Å². The minimum Gasteiger partial charge on any atom is -0.393 e. The van der Waals surface area contributed by atoms with Crippen LogP contribution in [0.2, 0.25) is 0 Å². The molecule has 0 aromatic rings. The van der Waals surface area contributed by atoms with Crippen LogP contribution in [0.4, 0.5) is 0 Å². The fourth-order valence-corrected chi connectivity index (χ4v) is 1.92. The lowest BCUT2D eigenvalue weighted by molar-refractivity contribution is 0.0586. The lowest BCUT2D eigenvalue weighted by atomic mass is 10.00. The molecule has 2 heteroatoms. The van der Waals surface area contributed by atoms with Gasteiger partial charge >= 0.3 is 0 Å². The van der Waals surface area contributed by atoms with E-state index in [-0.39, 0.29) is 6.10 Å². The molecule has 2 bridgehead atoms. The topological polar surface area (TPSA) is 23.5 Å². The van der Waals surface area contributed by atoms with Gasteiger partial charge in [0.05, 0.1) is 6.10 Å². The fourth-order valence-electron chi connectivity index (χ4n) is 1.92. The van der Waals surface area contributed by atoms with E-state index >= 15 is 0 Å².